The minimum atomic E-state index is -0.360. The molecule has 3 unspecified atom stereocenters. The molecule has 0 spiro atoms. The van der Waals surface area contributed by atoms with Crippen LogP contribution >= 0.6 is 0 Å². The van der Waals surface area contributed by atoms with Crippen molar-refractivity contribution in [3.8, 4) is 0 Å². The summed E-state index contributed by atoms with van der Waals surface area (Å²) in [6.45, 7) is 12.9. The number of hydrogen-bond acceptors (Lipinski definition) is 2. The minimum Gasteiger partial charge on any atom is -0.323 e. The van der Waals surface area contributed by atoms with Gasteiger partial charge in [-0.3, -0.25) is 10.1 Å². The van der Waals surface area contributed by atoms with Crippen LogP contribution in [-0.2, 0) is 4.79 Å². The number of carbonyl (C=O) groups is 1. The van der Waals surface area contributed by atoms with E-state index >= 15 is 0 Å². The van der Waals surface area contributed by atoms with E-state index in [9.17, 15) is 4.79 Å². The van der Waals surface area contributed by atoms with Gasteiger partial charge in [0, 0.05) is 6.04 Å². The first-order valence-electron chi connectivity index (χ1n) is 7.46. The predicted octanol–water partition coefficient (Wildman–Crippen LogP) is 3.15. The van der Waals surface area contributed by atoms with Crippen LogP contribution in [0.15, 0.2) is 0 Å². The van der Waals surface area contributed by atoms with E-state index in [2.05, 4.69) is 44.8 Å². The Kier molecular flexibility index (Phi) is 5.20. The van der Waals surface area contributed by atoms with Crippen LogP contribution in [0, 0.1) is 5.92 Å². The van der Waals surface area contributed by atoms with Crippen molar-refractivity contribution in [2.45, 2.75) is 85.0 Å². The maximum absolute atomic E-state index is 12.6. The van der Waals surface area contributed by atoms with E-state index < -0.39 is 0 Å². The normalized spacial score (nSPS) is 30.3. The molecule has 1 N–H and O–H groups in total. The van der Waals surface area contributed by atoms with E-state index in [0.29, 0.717) is 12.0 Å². The zero-order valence-corrected chi connectivity index (χ0v) is 12.9. The summed E-state index contributed by atoms with van der Waals surface area (Å²) in [7, 11) is 0. The Labute approximate surface area is 112 Å². The fraction of sp³-hybridized carbons (Fsp3) is 0.933. The lowest BCUT2D eigenvalue weighted by atomic mass is 9.99. The molecule has 3 nitrogen and oxygen atoms in total. The molecule has 0 aromatic heterocycles. The van der Waals surface area contributed by atoms with E-state index in [1.165, 1.54) is 0 Å². The van der Waals surface area contributed by atoms with E-state index in [1.807, 2.05) is 6.92 Å². The van der Waals surface area contributed by atoms with Gasteiger partial charge in [0.15, 0.2) is 0 Å². The second kappa shape index (κ2) is 6.05. The molecule has 0 saturated carbocycles. The van der Waals surface area contributed by atoms with Gasteiger partial charge in [0.2, 0.25) is 5.91 Å². The molecule has 0 bridgehead atoms. The van der Waals surface area contributed by atoms with Crippen molar-refractivity contribution in [2.24, 2.45) is 5.92 Å². The molecule has 3 atom stereocenters. The maximum Gasteiger partial charge on any atom is 0.244 e. The lowest BCUT2D eigenvalue weighted by Gasteiger charge is -2.31. The van der Waals surface area contributed by atoms with Gasteiger partial charge in [-0.25, -0.2) is 0 Å². The third-order valence-electron chi connectivity index (χ3n) is 4.11. The fourth-order valence-corrected chi connectivity index (χ4v) is 2.86. The Morgan fingerprint density at radius 1 is 1.33 bits per heavy atom. The van der Waals surface area contributed by atoms with Crippen LogP contribution in [0.1, 0.15) is 67.2 Å². The molecule has 0 aromatic rings. The topological polar surface area (TPSA) is 32.3 Å². The molecule has 1 aliphatic heterocycles. The van der Waals surface area contributed by atoms with E-state index in [4.69, 9.17) is 0 Å². The monoisotopic (exact) mass is 254 g/mol. The van der Waals surface area contributed by atoms with Gasteiger partial charge >= 0.3 is 0 Å². The first-order valence-corrected chi connectivity index (χ1v) is 7.46. The Morgan fingerprint density at radius 3 is 2.39 bits per heavy atom. The van der Waals surface area contributed by atoms with Gasteiger partial charge in [0.25, 0.3) is 0 Å². The number of nitrogens with one attached hydrogen (secondary N) is 1. The van der Waals surface area contributed by atoms with Gasteiger partial charge in [0.1, 0.15) is 0 Å². The van der Waals surface area contributed by atoms with Crippen molar-refractivity contribution in [1.82, 2.24) is 10.2 Å². The Morgan fingerprint density at radius 2 is 1.94 bits per heavy atom. The average molecular weight is 254 g/mol. The molecule has 0 aromatic carbocycles. The largest absolute Gasteiger partial charge is 0.323 e. The fourth-order valence-electron chi connectivity index (χ4n) is 2.86. The molecule has 1 rings (SSSR count). The van der Waals surface area contributed by atoms with Crippen LogP contribution in [0.2, 0.25) is 0 Å². The predicted molar refractivity (Wildman–Crippen MR) is 76.3 cm³/mol. The van der Waals surface area contributed by atoms with Gasteiger partial charge in [-0.15, -0.1) is 0 Å². The molecule has 1 amide bonds. The summed E-state index contributed by atoms with van der Waals surface area (Å²) in [5, 5.41) is 3.56. The van der Waals surface area contributed by atoms with Crippen molar-refractivity contribution in [3.63, 3.8) is 0 Å². The molecular weight excluding hydrogens is 224 g/mol. The van der Waals surface area contributed by atoms with Crippen LogP contribution < -0.4 is 5.32 Å². The highest BCUT2D eigenvalue weighted by molar-refractivity contribution is 5.88. The van der Waals surface area contributed by atoms with Gasteiger partial charge in [0.05, 0.1) is 11.7 Å². The van der Waals surface area contributed by atoms with Crippen LogP contribution in [0.5, 0.6) is 0 Å². The number of nitrogens with zero attached hydrogens (tertiary/aromatic N) is 1. The molecule has 3 heteroatoms. The zero-order chi connectivity index (χ0) is 13.9. The molecule has 0 radical (unpaired) electrons. The second-order valence-electron chi connectivity index (χ2n) is 6.33. The summed E-state index contributed by atoms with van der Waals surface area (Å²) in [5.74, 6) is 0.891. The molecule has 1 heterocycles. The highest BCUT2D eigenvalue weighted by Crippen LogP contribution is 2.29. The third-order valence-corrected chi connectivity index (χ3v) is 4.11. The van der Waals surface area contributed by atoms with Crippen molar-refractivity contribution in [3.05, 3.63) is 0 Å². The molecular formula is C15H30N2O. The van der Waals surface area contributed by atoms with Crippen LogP contribution in [0.25, 0.3) is 0 Å². The maximum atomic E-state index is 12.6. The van der Waals surface area contributed by atoms with Crippen LogP contribution in [0.4, 0.5) is 0 Å². The standard InChI is InChI=1S/C15H30N2O/c1-7-9-12(5)17-13(10-11(3)4)16-15(6,8-2)14(17)18/h11-13,16H,7-10H2,1-6H3. The number of carbonyl (C=O) groups excluding carboxylic acids is 1. The number of hydrogen-bond donors (Lipinski definition) is 1. The molecule has 1 fully saturated rings. The van der Waals surface area contributed by atoms with E-state index in [1.54, 1.807) is 0 Å². The van der Waals surface area contributed by atoms with Crippen LogP contribution in [-0.4, -0.2) is 28.6 Å². The molecule has 106 valence electrons. The highest BCUT2D eigenvalue weighted by atomic mass is 16.2. The lowest BCUT2D eigenvalue weighted by molar-refractivity contribution is -0.135. The van der Waals surface area contributed by atoms with Gasteiger partial charge in [-0.1, -0.05) is 34.1 Å². The minimum absolute atomic E-state index is 0.212. The van der Waals surface area contributed by atoms with E-state index in [0.717, 1.165) is 25.7 Å². The Balaban J connectivity index is 2.89. The van der Waals surface area contributed by atoms with E-state index in [-0.39, 0.29) is 17.6 Å². The van der Waals surface area contributed by atoms with Crippen molar-refractivity contribution in [2.75, 3.05) is 0 Å². The third kappa shape index (κ3) is 3.05. The van der Waals surface area contributed by atoms with Gasteiger partial charge in [-0.2, -0.15) is 0 Å². The van der Waals surface area contributed by atoms with Gasteiger partial charge in [-0.05, 0) is 39.0 Å². The number of amides is 1. The SMILES string of the molecule is CCCC(C)N1C(=O)C(C)(CC)NC1CC(C)C. The first-order chi connectivity index (χ1) is 8.35. The average Bonchev–Trinajstić information content (AvgIpc) is 2.51. The van der Waals surface area contributed by atoms with Crippen LogP contribution in [0.3, 0.4) is 0 Å². The lowest BCUT2D eigenvalue weighted by Crippen LogP contribution is -2.44. The summed E-state index contributed by atoms with van der Waals surface area (Å²) in [6, 6.07) is 0.340. The Hall–Kier alpha value is -0.570. The summed E-state index contributed by atoms with van der Waals surface area (Å²) in [5.41, 5.74) is -0.360. The smallest absolute Gasteiger partial charge is 0.244 e. The Bertz CT molecular complexity index is 290. The molecule has 1 saturated heterocycles. The van der Waals surface area contributed by atoms with Crippen molar-refractivity contribution in [1.29, 1.82) is 0 Å². The second-order valence-corrected chi connectivity index (χ2v) is 6.33. The first kappa shape index (κ1) is 15.5. The molecule has 1 aliphatic rings. The summed E-state index contributed by atoms with van der Waals surface area (Å²) in [4.78, 5) is 14.7. The summed E-state index contributed by atoms with van der Waals surface area (Å²) in [6.07, 6.45) is 4.32. The quantitative estimate of drug-likeness (QED) is 0.789. The summed E-state index contributed by atoms with van der Waals surface area (Å²) < 4.78 is 0. The highest BCUT2D eigenvalue weighted by Gasteiger charge is 2.47. The zero-order valence-electron chi connectivity index (χ0n) is 12.9. The molecule has 0 aliphatic carbocycles. The van der Waals surface area contributed by atoms with Gasteiger partial charge < -0.3 is 4.90 Å². The number of rotatable bonds is 6. The summed E-state index contributed by atoms with van der Waals surface area (Å²) >= 11 is 0. The molecule has 18 heavy (non-hydrogen) atoms. The van der Waals surface area contributed by atoms with Crippen molar-refractivity contribution >= 4 is 5.91 Å². The van der Waals surface area contributed by atoms with Crippen molar-refractivity contribution < 1.29 is 4.79 Å².